The van der Waals surface area contributed by atoms with Gasteiger partial charge >= 0.3 is 39.5 Å². The number of esters is 4. The monoisotopic (exact) mass is 1540 g/mol. The van der Waals surface area contributed by atoms with Gasteiger partial charge in [0.1, 0.15) is 19.3 Å². The van der Waals surface area contributed by atoms with Gasteiger partial charge in [-0.1, -0.05) is 413 Å². The smallest absolute Gasteiger partial charge is 0.462 e. The van der Waals surface area contributed by atoms with Gasteiger partial charge in [-0.15, -0.1) is 0 Å². The van der Waals surface area contributed by atoms with Gasteiger partial charge in [0, 0.05) is 25.7 Å². The Morgan fingerprint density at radius 1 is 0.257 bits per heavy atom. The zero-order chi connectivity index (χ0) is 76.9. The summed E-state index contributed by atoms with van der Waals surface area (Å²) < 4.78 is 68.9. The highest BCUT2D eigenvalue weighted by molar-refractivity contribution is 7.47. The topological polar surface area (TPSA) is 237 Å². The van der Waals surface area contributed by atoms with Crippen molar-refractivity contribution in [1.82, 2.24) is 0 Å². The minimum atomic E-state index is -4.97. The van der Waals surface area contributed by atoms with E-state index in [-0.39, 0.29) is 25.7 Å². The number of phosphoric ester groups is 2. The number of hydrogen-bond acceptors (Lipinski definition) is 15. The molecule has 105 heavy (non-hydrogen) atoms. The Balaban J connectivity index is 5.21. The SMILES string of the molecule is CCCCCCCCCCCCCCCCCCCCCCCCC(=O)O[C@H](COC(=O)CCCCCCCCCCCCCCCCCCCCC)COP(=O)(O)OC[C@@H](O)COP(=O)(O)OC[C@@H](COC(=O)CCCCCCCCCCCCC)OC(=O)CCCCCCCCCCCCC(C)C. The number of phosphoric acid groups is 2. The summed E-state index contributed by atoms with van der Waals surface area (Å²) in [5.74, 6) is -1.35. The minimum Gasteiger partial charge on any atom is -0.462 e. The van der Waals surface area contributed by atoms with Crippen LogP contribution in [-0.2, 0) is 65.4 Å². The molecule has 0 aliphatic carbocycles. The number of hydrogen-bond donors (Lipinski definition) is 3. The van der Waals surface area contributed by atoms with Gasteiger partial charge in [-0.25, -0.2) is 9.13 Å². The molecule has 0 aliphatic rings. The maximum Gasteiger partial charge on any atom is 0.472 e. The summed E-state index contributed by atoms with van der Waals surface area (Å²) in [6, 6.07) is 0. The Morgan fingerprint density at radius 3 is 0.648 bits per heavy atom. The molecule has 0 amide bonds. The van der Waals surface area contributed by atoms with Crippen molar-refractivity contribution in [2.45, 2.75) is 483 Å². The molecular weight excluding hydrogens is 1370 g/mol. The highest BCUT2D eigenvalue weighted by Gasteiger charge is 2.30. The average molecular weight is 1540 g/mol. The number of aliphatic hydroxyl groups is 1. The lowest BCUT2D eigenvalue weighted by molar-refractivity contribution is -0.161. The molecule has 0 radical (unpaired) electrons. The number of rotatable bonds is 86. The van der Waals surface area contributed by atoms with Crippen molar-refractivity contribution in [1.29, 1.82) is 0 Å². The molecule has 3 N–H and O–H groups in total. The van der Waals surface area contributed by atoms with Crippen LogP contribution in [0.25, 0.3) is 0 Å². The molecule has 0 aliphatic heterocycles. The molecule has 0 spiro atoms. The molecule has 2 unspecified atom stereocenters. The van der Waals surface area contributed by atoms with Crippen molar-refractivity contribution in [3.63, 3.8) is 0 Å². The van der Waals surface area contributed by atoms with Gasteiger partial charge in [0.05, 0.1) is 26.4 Å². The summed E-state index contributed by atoms with van der Waals surface area (Å²) in [5.41, 5.74) is 0. The van der Waals surface area contributed by atoms with E-state index in [2.05, 4.69) is 34.6 Å². The van der Waals surface area contributed by atoms with Gasteiger partial charge < -0.3 is 33.8 Å². The van der Waals surface area contributed by atoms with E-state index in [0.29, 0.717) is 25.7 Å². The van der Waals surface area contributed by atoms with Gasteiger partial charge in [0.2, 0.25) is 0 Å². The predicted octanol–water partition coefficient (Wildman–Crippen LogP) is 26.4. The van der Waals surface area contributed by atoms with Gasteiger partial charge in [-0.05, 0) is 31.6 Å². The van der Waals surface area contributed by atoms with E-state index < -0.39 is 97.5 Å². The van der Waals surface area contributed by atoms with Gasteiger partial charge in [-0.2, -0.15) is 0 Å². The fourth-order valence-electron chi connectivity index (χ4n) is 13.5. The van der Waals surface area contributed by atoms with Crippen LogP contribution in [0.1, 0.15) is 465 Å². The number of carbonyl (C=O) groups excluding carboxylic acids is 4. The molecule has 5 atom stereocenters. The molecule has 0 heterocycles. The molecule has 17 nitrogen and oxygen atoms in total. The maximum absolute atomic E-state index is 13.1. The lowest BCUT2D eigenvalue weighted by Gasteiger charge is -2.21. The second-order valence-electron chi connectivity index (χ2n) is 31.4. The Bertz CT molecular complexity index is 2000. The summed E-state index contributed by atoms with van der Waals surface area (Å²) in [6.45, 7) is 7.34. The van der Waals surface area contributed by atoms with Crippen LogP contribution >= 0.6 is 15.6 Å². The van der Waals surface area contributed by atoms with Crippen molar-refractivity contribution in [3.05, 3.63) is 0 Å². The molecule has 0 fully saturated rings. The molecule has 0 saturated heterocycles. The summed E-state index contributed by atoms with van der Waals surface area (Å²) in [5, 5.41) is 10.7. The predicted molar refractivity (Wildman–Crippen MR) is 432 cm³/mol. The van der Waals surface area contributed by atoms with Crippen LogP contribution < -0.4 is 0 Å². The lowest BCUT2D eigenvalue weighted by Crippen LogP contribution is -2.30. The molecule has 0 saturated carbocycles. The van der Waals surface area contributed by atoms with E-state index in [4.69, 9.17) is 37.0 Å². The van der Waals surface area contributed by atoms with Crippen LogP contribution in [0.15, 0.2) is 0 Å². The first-order valence-corrected chi connectivity index (χ1v) is 47.6. The highest BCUT2D eigenvalue weighted by Crippen LogP contribution is 2.45. The summed E-state index contributed by atoms with van der Waals surface area (Å²) in [7, 11) is -9.92. The Hall–Kier alpha value is -1.94. The third-order valence-electron chi connectivity index (χ3n) is 20.3. The van der Waals surface area contributed by atoms with Gasteiger partial charge in [0.25, 0.3) is 0 Å². The van der Waals surface area contributed by atoms with E-state index in [1.807, 2.05) is 0 Å². The van der Waals surface area contributed by atoms with E-state index in [1.54, 1.807) is 0 Å². The number of ether oxygens (including phenoxy) is 4. The third kappa shape index (κ3) is 79.9. The van der Waals surface area contributed by atoms with Crippen molar-refractivity contribution < 1.29 is 80.2 Å². The van der Waals surface area contributed by atoms with Crippen molar-refractivity contribution >= 4 is 39.5 Å². The van der Waals surface area contributed by atoms with Gasteiger partial charge in [-0.3, -0.25) is 37.3 Å². The van der Waals surface area contributed by atoms with E-state index in [0.717, 1.165) is 95.8 Å². The van der Waals surface area contributed by atoms with Crippen molar-refractivity contribution in [2.24, 2.45) is 5.92 Å². The van der Waals surface area contributed by atoms with Crippen LogP contribution in [-0.4, -0.2) is 96.7 Å². The molecular formula is C86H168O17P2. The van der Waals surface area contributed by atoms with Crippen LogP contribution in [0.4, 0.5) is 0 Å². The quantitative estimate of drug-likeness (QED) is 0.0222. The Morgan fingerprint density at radius 2 is 0.438 bits per heavy atom. The molecule has 0 rings (SSSR count). The average Bonchev–Trinajstić information content (AvgIpc) is 0.906. The Kier molecular flexibility index (Phi) is 77.3. The summed E-state index contributed by atoms with van der Waals surface area (Å²) >= 11 is 0. The van der Waals surface area contributed by atoms with Crippen molar-refractivity contribution in [3.8, 4) is 0 Å². The fraction of sp³-hybridized carbons (Fsp3) is 0.953. The number of carbonyl (C=O) groups is 4. The van der Waals surface area contributed by atoms with Gasteiger partial charge in [0.15, 0.2) is 12.2 Å². The second-order valence-corrected chi connectivity index (χ2v) is 34.3. The summed E-state index contributed by atoms with van der Waals surface area (Å²) in [4.78, 5) is 73.2. The lowest BCUT2D eigenvalue weighted by atomic mass is 10.0. The normalized spacial score (nSPS) is 13.8. The van der Waals surface area contributed by atoms with Crippen LogP contribution in [0, 0.1) is 5.92 Å². The number of unbranched alkanes of at least 4 members (excludes halogenated alkanes) is 58. The zero-order valence-corrected chi connectivity index (χ0v) is 70.7. The first kappa shape index (κ1) is 103. The standard InChI is InChI=1S/C86H168O17P2/c1-6-9-12-15-18-21-24-26-28-30-32-33-34-36-38-40-42-45-51-56-61-66-71-85(90)102-81(76-97-84(89)70-65-60-55-50-44-41-39-37-35-31-29-27-25-22-19-16-13-10-7-2)77-100-104(92,93)98-73-80(87)74-99-105(94,95)101-78-82(75-96-83(88)69-64-59-54-49-43-23-20-17-14-11-8-3)103-86(91)72-67-62-57-52-47-46-48-53-58-63-68-79(4)5/h79-82,87H,6-78H2,1-5H3,(H,92,93)(H,94,95)/t80-,81-,82-/m1/s1. The van der Waals surface area contributed by atoms with Crippen molar-refractivity contribution in [2.75, 3.05) is 39.6 Å². The molecule has 0 aromatic rings. The zero-order valence-electron chi connectivity index (χ0n) is 68.9. The fourth-order valence-corrected chi connectivity index (χ4v) is 15.1. The van der Waals surface area contributed by atoms with E-state index in [9.17, 15) is 43.2 Å². The first-order valence-electron chi connectivity index (χ1n) is 44.6. The Labute approximate surface area is 645 Å². The molecule has 624 valence electrons. The molecule has 0 aromatic carbocycles. The van der Waals surface area contributed by atoms with E-state index >= 15 is 0 Å². The minimum absolute atomic E-state index is 0.107. The van der Waals surface area contributed by atoms with Crippen LogP contribution in [0.2, 0.25) is 0 Å². The van der Waals surface area contributed by atoms with E-state index in [1.165, 1.54) is 289 Å². The molecule has 0 aromatic heterocycles. The third-order valence-corrected chi connectivity index (χ3v) is 22.2. The first-order chi connectivity index (χ1) is 51.0. The number of aliphatic hydroxyl groups excluding tert-OH is 1. The molecule has 0 bridgehead atoms. The second kappa shape index (κ2) is 78.7. The highest BCUT2D eigenvalue weighted by atomic mass is 31.2. The van der Waals surface area contributed by atoms with Crippen LogP contribution in [0.3, 0.4) is 0 Å². The van der Waals surface area contributed by atoms with Crippen LogP contribution in [0.5, 0.6) is 0 Å². The summed E-state index contributed by atoms with van der Waals surface area (Å²) in [6.07, 6.45) is 72.3. The largest absolute Gasteiger partial charge is 0.472 e. The maximum atomic E-state index is 13.1. The molecule has 19 heteroatoms.